The zero-order valence-corrected chi connectivity index (χ0v) is 12.1. The van der Waals surface area contributed by atoms with E-state index < -0.39 is 11.4 Å². The first-order valence-electron chi connectivity index (χ1n) is 6.64. The maximum Gasteiger partial charge on any atom is 0.315 e. The molecule has 0 radical (unpaired) electrons. The Morgan fingerprint density at radius 3 is 2.83 bits per heavy atom. The molecule has 0 saturated heterocycles. The number of hydrogen-bond acceptors (Lipinski definition) is 3. The summed E-state index contributed by atoms with van der Waals surface area (Å²) < 4.78 is 0. The van der Waals surface area contributed by atoms with Crippen molar-refractivity contribution >= 4 is 17.3 Å². The van der Waals surface area contributed by atoms with Gasteiger partial charge in [0.2, 0.25) is 0 Å². The summed E-state index contributed by atoms with van der Waals surface area (Å²) in [6.07, 6.45) is 4.96. The Morgan fingerprint density at radius 1 is 1.56 bits per heavy atom. The quantitative estimate of drug-likeness (QED) is 0.902. The van der Waals surface area contributed by atoms with Crippen molar-refractivity contribution in [3.05, 3.63) is 16.1 Å². The number of nitrogens with zero attached hydrogens (tertiary/aromatic N) is 1. The summed E-state index contributed by atoms with van der Waals surface area (Å²) in [7, 11) is 0. The van der Waals surface area contributed by atoms with Crippen LogP contribution in [0.3, 0.4) is 0 Å². The van der Waals surface area contributed by atoms with Crippen LogP contribution in [0.2, 0.25) is 0 Å². The third-order valence-corrected chi connectivity index (χ3v) is 5.17. The van der Waals surface area contributed by atoms with Gasteiger partial charge in [0.15, 0.2) is 0 Å². The Morgan fingerprint density at radius 2 is 2.28 bits per heavy atom. The molecule has 0 amide bonds. The van der Waals surface area contributed by atoms with Crippen molar-refractivity contribution in [1.29, 1.82) is 0 Å². The summed E-state index contributed by atoms with van der Waals surface area (Å²) in [5, 5.41) is 12.3. The predicted octanol–water partition coefficient (Wildman–Crippen LogP) is 3.80. The molecule has 4 heteroatoms. The number of carboxylic acid groups (broad SMARTS) is 1. The first kappa shape index (κ1) is 13.5. The molecule has 1 aliphatic carbocycles. The standard InChI is InChI=1S/C14H21NO2S/c1-4-9-5-6-10(7-9)12-15-11(8-18-12)14(2,3)13(16)17/h8-10H,4-7H2,1-3H3,(H,16,17). The molecule has 0 aromatic carbocycles. The number of aromatic nitrogens is 1. The van der Waals surface area contributed by atoms with Crippen LogP contribution in [0.15, 0.2) is 5.38 Å². The van der Waals surface area contributed by atoms with Crippen LogP contribution in [0.5, 0.6) is 0 Å². The van der Waals surface area contributed by atoms with Crippen molar-refractivity contribution < 1.29 is 9.90 Å². The van der Waals surface area contributed by atoms with E-state index in [4.69, 9.17) is 0 Å². The smallest absolute Gasteiger partial charge is 0.315 e. The van der Waals surface area contributed by atoms with Crippen LogP contribution in [0, 0.1) is 5.92 Å². The molecule has 1 aromatic heterocycles. The maximum absolute atomic E-state index is 11.2. The van der Waals surface area contributed by atoms with Gasteiger partial charge in [0.1, 0.15) is 5.41 Å². The van der Waals surface area contributed by atoms with E-state index in [2.05, 4.69) is 11.9 Å². The summed E-state index contributed by atoms with van der Waals surface area (Å²) >= 11 is 1.63. The average molecular weight is 267 g/mol. The fourth-order valence-corrected chi connectivity index (χ4v) is 3.68. The zero-order chi connectivity index (χ0) is 13.3. The number of carboxylic acids is 1. The van der Waals surface area contributed by atoms with Gasteiger partial charge in [-0.3, -0.25) is 4.79 Å². The fraction of sp³-hybridized carbons (Fsp3) is 0.714. The third kappa shape index (κ3) is 2.44. The first-order valence-corrected chi connectivity index (χ1v) is 7.52. The normalized spacial score (nSPS) is 24.4. The van der Waals surface area contributed by atoms with E-state index in [1.165, 1.54) is 25.7 Å². The molecular formula is C14H21NO2S. The van der Waals surface area contributed by atoms with Gasteiger partial charge in [0.25, 0.3) is 0 Å². The lowest BCUT2D eigenvalue weighted by Gasteiger charge is -2.16. The predicted molar refractivity (Wildman–Crippen MR) is 73.1 cm³/mol. The highest BCUT2D eigenvalue weighted by atomic mass is 32.1. The van der Waals surface area contributed by atoms with Crippen molar-refractivity contribution in [3.8, 4) is 0 Å². The molecule has 1 N–H and O–H groups in total. The van der Waals surface area contributed by atoms with E-state index in [0.717, 1.165) is 10.9 Å². The van der Waals surface area contributed by atoms with Crippen molar-refractivity contribution in [2.75, 3.05) is 0 Å². The SMILES string of the molecule is CCC1CCC(c2nc(C(C)(C)C(=O)O)cs2)C1. The van der Waals surface area contributed by atoms with E-state index in [1.807, 2.05) is 5.38 Å². The van der Waals surface area contributed by atoms with Gasteiger partial charge in [0, 0.05) is 11.3 Å². The molecule has 2 unspecified atom stereocenters. The van der Waals surface area contributed by atoms with Crippen LogP contribution < -0.4 is 0 Å². The van der Waals surface area contributed by atoms with Crippen molar-refractivity contribution in [2.24, 2.45) is 5.92 Å². The minimum atomic E-state index is -0.877. The Balaban J connectivity index is 2.14. The van der Waals surface area contributed by atoms with Crippen LogP contribution in [0.25, 0.3) is 0 Å². The van der Waals surface area contributed by atoms with Crippen molar-refractivity contribution in [1.82, 2.24) is 4.98 Å². The second-order valence-corrected chi connectivity index (χ2v) is 6.68. The summed E-state index contributed by atoms with van der Waals surface area (Å²) in [6, 6.07) is 0. The lowest BCUT2D eigenvalue weighted by atomic mass is 9.90. The molecule has 2 atom stereocenters. The van der Waals surface area contributed by atoms with Crippen LogP contribution in [-0.2, 0) is 10.2 Å². The van der Waals surface area contributed by atoms with Gasteiger partial charge in [-0.15, -0.1) is 11.3 Å². The van der Waals surface area contributed by atoms with Gasteiger partial charge in [0.05, 0.1) is 10.7 Å². The minimum absolute atomic E-state index is 0.554. The molecule has 1 saturated carbocycles. The second kappa shape index (κ2) is 5.00. The Labute approximate surface area is 112 Å². The fourth-order valence-electron chi connectivity index (χ4n) is 2.54. The summed E-state index contributed by atoms with van der Waals surface area (Å²) in [4.78, 5) is 15.8. The summed E-state index contributed by atoms with van der Waals surface area (Å²) in [5.74, 6) is 0.574. The molecule has 18 heavy (non-hydrogen) atoms. The number of thiazole rings is 1. The summed E-state index contributed by atoms with van der Waals surface area (Å²) in [5.41, 5.74) is -0.174. The number of aliphatic carboxylic acids is 1. The van der Waals surface area contributed by atoms with Gasteiger partial charge in [-0.2, -0.15) is 0 Å². The van der Waals surface area contributed by atoms with E-state index in [-0.39, 0.29) is 0 Å². The zero-order valence-electron chi connectivity index (χ0n) is 11.3. The van der Waals surface area contributed by atoms with Crippen LogP contribution >= 0.6 is 11.3 Å². The Bertz CT molecular complexity index is 439. The van der Waals surface area contributed by atoms with E-state index >= 15 is 0 Å². The molecule has 3 nitrogen and oxygen atoms in total. The van der Waals surface area contributed by atoms with Gasteiger partial charge in [-0.1, -0.05) is 13.3 Å². The third-order valence-electron chi connectivity index (χ3n) is 4.16. The van der Waals surface area contributed by atoms with Crippen molar-refractivity contribution in [3.63, 3.8) is 0 Å². The van der Waals surface area contributed by atoms with Gasteiger partial charge in [-0.25, -0.2) is 4.98 Å². The first-order chi connectivity index (χ1) is 8.45. The molecule has 1 aromatic rings. The Kier molecular flexibility index (Phi) is 3.76. The largest absolute Gasteiger partial charge is 0.481 e. The summed E-state index contributed by atoms with van der Waals surface area (Å²) in [6.45, 7) is 5.68. The molecule has 0 aliphatic heterocycles. The molecule has 1 heterocycles. The second-order valence-electron chi connectivity index (χ2n) is 5.79. The highest BCUT2D eigenvalue weighted by molar-refractivity contribution is 7.09. The molecule has 2 rings (SSSR count). The molecule has 1 fully saturated rings. The number of hydrogen-bond donors (Lipinski definition) is 1. The lowest BCUT2D eigenvalue weighted by molar-refractivity contribution is -0.142. The number of carbonyl (C=O) groups is 1. The van der Waals surface area contributed by atoms with Gasteiger partial charge in [-0.05, 0) is 39.0 Å². The maximum atomic E-state index is 11.2. The molecule has 0 bridgehead atoms. The van der Waals surface area contributed by atoms with Gasteiger partial charge < -0.3 is 5.11 Å². The lowest BCUT2D eigenvalue weighted by Crippen LogP contribution is -2.28. The average Bonchev–Trinajstić information content (AvgIpc) is 2.97. The minimum Gasteiger partial charge on any atom is -0.481 e. The van der Waals surface area contributed by atoms with Crippen LogP contribution in [-0.4, -0.2) is 16.1 Å². The Hall–Kier alpha value is -0.900. The molecule has 100 valence electrons. The molecule has 1 aliphatic rings. The van der Waals surface area contributed by atoms with E-state index in [0.29, 0.717) is 11.6 Å². The van der Waals surface area contributed by atoms with Crippen LogP contribution in [0.4, 0.5) is 0 Å². The highest BCUT2D eigenvalue weighted by Gasteiger charge is 2.34. The topological polar surface area (TPSA) is 50.2 Å². The molecule has 0 spiro atoms. The van der Waals surface area contributed by atoms with Gasteiger partial charge >= 0.3 is 5.97 Å². The number of rotatable bonds is 4. The van der Waals surface area contributed by atoms with Crippen molar-refractivity contribution in [2.45, 2.75) is 57.8 Å². The monoisotopic (exact) mass is 267 g/mol. The van der Waals surface area contributed by atoms with Crippen LogP contribution in [0.1, 0.15) is 63.1 Å². The highest BCUT2D eigenvalue weighted by Crippen LogP contribution is 2.41. The van der Waals surface area contributed by atoms with E-state index in [1.54, 1.807) is 25.2 Å². The molecular weight excluding hydrogens is 246 g/mol. The van der Waals surface area contributed by atoms with E-state index in [9.17, 15) is 9.90 Å².